The van der Waals surface area contributed by atoms with Crippen molar-refractivity contribution in [3.05, 3.63) is 30.5 Å². The molecule has 0 aliphatic carbocycles. The van der Waals surface area contributed by atoms with Crippen molar-refractivity contribution < 1.29 is 14.6 Å². The SMILES string of the molecule is COc1ccc2c(N3CCCC3(C)C(=O)O)nccc2c1. The van der Waals surface area contributed by atoms with E-state index in [2.05, 4.69) is 4.98 Å². The van der Waals surface area contributed by atoms with Crippen LogP contribution in [0.3, 0.4) is 0 Å². The second-order valence-electron chi connectivity index (χ2n) is 5.56. The number of carbonyl (C=O) groups is 1. The zero-order valence-electron chi connectivity index (χ0n) is 12.2. The van der Waals surface area contributed by atoms with Gasteiger partial charge in [0.15, 0.2) is 0 Å². The number of pyridine rings is 1. The molecule has 0 bridgehead atoms. The second-order valence-corrected chi connectivity index (χ2v) is 5.56. The molecule has 5 nitrogen and oxygen atoms in total. The molecule has 2 heterocycles. The molecule has 0 radical (unpaired) electrons. The summed E-state index contributed by atoms with van der Waals surface area (Å²) in [4.78, 5) is 18.0. The van der Waals surface area contributed by atoms with Gasteiger partial charge in [-0.3, -0.25) is 0 Å². The summed E-state index contributed by atoms with van der Waals surface area (Å²) in [5.74, 6) is 0.715. The lowest BCUT2D eigenvalue weighted by atomic mass is 9.99. The van der Waals surface area contributed by atoms with Gasteiger partial charge in [0.05, 0.1) is 7.11 Å². The van der Waals surface area contributed by atoms with Gasteiger partial charge < -0.3 is 14.7 Å². The third-order valence-electron chi connectivity index (χ3n) is 4.31. The standard InChI is InChI=1S/C16H18N2O3/c1-16(15(19)20)7-3-9-18(16)14-13-5-4-12(21-2)10-11(13)6-8-17-14/h4-6,8,10H,3,7,9H2,1-2H3,(H,19,20). The Hall–Kier alpha value is -2.30. The topological polar surface area (TPSA) is 62.7 Å². The molecule has 1 aliphatic heterocycles. The first-order chi connectivity index (χ1) is 10.1. The van der Waals surface area contributed by atoms with E-state index in [0.717, 1.165) is 28.8 Å². The molecule has 1 fully saturated rings. The van der Waals surface area contributed by atoms with Crippen LogP contribution in [-0.4, -0.2) is 35.3 Å². The van der Waals surface area contributed by atoms with Gasteiger partial charge in [-0.1, -0.05) is 0 Å². The third kappa shape index (κ3) is 2.09. The molecule has 1 N–H and O–H groups in total. The minimum absolute atomic E-state index is 0.635. The number of hydrogen-bond donors (Lipinski definition) is 1. The van der Waals surface area contributed by atoms with E-state index in [1.807, 2.05) is 29.2 Å². The average Bonchev–Trinajstić information content (AvgIpc) is 2.89. The summed E-state index contributed by atoms with van der Waals surface area (Å²) in [5, 5.41) is 11.5. The number of ether oxygens (including phenoxy) is 1. The van der Waals surface area contributed by atoms with Gasteiger partial charge >= 0.3 is 5.97 Å². The molecule has 1 aliphatic rings. The van der Waals surface area contributed by atoms with Crippen molar-refractivity contribution in [2.24, 2.45) is 0 Å². The third-order valence-corrected chi connectivity index (χ3v) is 4.31. The average molecular weight is 286 g/mol. The first-order valence-corrected chi connectivity index (χ1v) is 7.00. The molecule has 1 aromatic carbocycles. The van der Waals surface area contributed by atoms with Crippen molar-refractivity contribution in [1.82, 2.24) is 4.98 Å². The molecule has 0 amide bonds. The first-order valence-electron chi connectivity index (χ1n) is 7.00. The van der Waals surface area contributed by atoms with E-state index in [1.54, 1.807) is 20.2 Å². The molecule has 3 rings (SSSR count). The molecular formula is C16H18N2O3. The number of nitrogens with zero attached hydrogens (tertiary/aromatic N) is 2. The Balaban J connectivity index is 2.14. The number of anilines is 1. The van der Waals surface area contributed by atoms with Crippen molar-refractivity contribution in [1.29, 1.82) is 0 Å². The summed E-state index contributed by atoms with van der Waals surface area (Å²) >= 11 is 0. The zero-order chi connectivity index (χ0) is 15.0. The van der Waals surface area contributed by atoms with Crippen LogP contribution >= 0.6 is 0 Å². The molecule has 21 heavy (non-hydrogen) atoms. The molecule has 2 aromatic rings. The van der Waals surface area contributed by atoms with Crippen LogP contribution in [0.15, 0.2) is 30.5 Å². The summed E-state index contributed by atoms with van der Waals surface area (Å²) in [5.41, 5.74) is -0.888. The number of rotatable bonds is 3. The molecule has 1 atom stereocenters. The highest BCUT2D eigenvalue weighted by atomic mass is 16.5. The van der Waals surface area contributed by atoms with Gasteiger partial charge in [0.1, 0.15) is 17.1 Å². The quantitative estimate of drug-likeness (QED) is 0.940. The summed E-state index contributed by atoms with van der Waals surface area (Å²) < 4.78 is 5.24. The number of hydrogen-bond acceptors (Lipinski definition) is 4. The van der Waals surface area contributed by atoms with Gasteiger partial charge in [-0.2, -0.15) is 0 Å². The van der Waals surface area contributed by atoms with Crippen molar-refractivity contribution in [3.63, 3.8) is 0 Å². The van der Waals surface area contributed by atoms with E-state index in [1.165, 1.54) is 0 Å². The minimum atomic E-state index is -0.888. The summed E-state index contributed by atoms with van der Waals surface area (Å²) in [6.07, 6.45) is 3.21. The van der Waals surface area contributed by atoms with E-state index in [9.17, 15) is 9.90 Å². The summed E-state index contributed by atoms with van der Waals surface area (Å²) in [6.45, 7) is 2.48. The fourth-order valence-corrected chi connectivity index (χ4v) is 3.01. The number of benzene rings is 1. The summed E-state index contributed by atoms with van der Waals surface area (Å²) in [6, 6.07) is 7.67. The van der Waals surface area contributed by atoms with Gasteiger partial charge in [-0.15, -0.1) is 0 Å². The molecule has 1 saturated heterocycles. The van der Waals surface area contributed by atoms with Gasteiger partial charge in [0.25, 0.3) is 0 Å². The lowest BCUT2D eigenvalue weighted by molar-refractivity contribution is -0.142. The Bertz CT molecular complexity index is 701. The van der Waals surface area contributed by atoms with E-state index in [4.69, 9.17) is 4.74 Å². The van der Waals surface area contributed by atoms with Crippen LogP contribution in [0.2, 0.25) is 0 Å². The molecular weight excluding hydrogens is 268 g/mol. The normalized spacial score (nSPS) is 21.7. The maximum atomic E-state index is 11.7. The fourth-order valence-electron chi connectivity index (χ4n) is 3.01. The number of carboxylic acids is 1. The lowest BCUT2D eigenvalue weighted by Crippen LogP contribution is -2.48. The monoisotopic (exact) mass is 286 g/mol. The molecule has 0 spiro atoms. The highest BCUT2D eigenvalue weighted by molar-refractivity contribution is 5.95. The van der Waals surface area contributed by atoms with E-state index < -0.39 is 11.5 Å². The number of carboxylic acid groups (broad SMARTS) is 1. The summed E-state index contributed by atoms with van der Waals surface area (Å²) in [7, 11) is 1.63. The molecule has 1 unspecified atom stereocenters. The molecule has 0 saturated carbocycles. The fraction of sp³-hybridized carbons (Fsp3) is 0.375. The Morgan fingerprint density at radius 1 is 1.43 bits per heavy atom. The largest absolute Gasteiger partial charge is 0.497 e. The minimum Gasteiger partial charge on any atom is -0.497 e. The molecule has 110 valence electrons. The number of fused-ring (bicyclic) bond motifs is 1. The van der Waals surface area contributed by atoms with Crippen LogP contribution in [-0.2, 0) is 4.79 Å². The highest BCUT2D eigenvalue weighted by Crippen LogP contribution is 2.37. The van der Waals surface area contributed by atoms with Gasteiger partial charge in [0, 0.05) is 18.1 Å². The van der Waals surface area contributed by atoms with Crippen molar-refractivity contribution in [3.8, 4) is 5.75 Å². The number of methoxy groups -OCH3 is 1. The first kappa shape index (κ1) is 13.7. The van der Waals surface area contributed by atoms with Crippen molar-refractivity contribution >= 4 is 22.6 Å². The number of aromatic nitrogens is 1. The van der Waals surface area contributed by atoms with Gasteiger partial charge in [-0.25, -0.2) is 9.78 Å². The van der Waals surface area contributed by atoms with E-state index in [0.29, 0.717) is 13.0 Å². The van der Waals surface area contributed by atoms with Gasteiger partial charge in [-0.05, 0) is 49.4 Å². The predicted molar refractivity (Wildman–Crippen MR) is 80.9 cm³/mol. The van der Waals surface area contributed by atoms with Crippen LogP contribution in [0.1, 0.15) is 19.8 Å². The predicted octanol–water partition coefficient (Wildman–Crippen LogP) is 2.69. The smallest absolute Gasteiger partial charge is 0.329 e. The Labute approximate surface area is 123 Å². The maximum Gasteiger partial charge on any atom is 0.329 e. The van der Waals surface area contributed by atoms with Crippen molar-refractivity contribution in [2.45, 2.75) is 25.3 Å². The Kier molecular flexibility index (Phi) is 3.20. The van der Waals surface area contributed by atoms with Crippen LogP contribution in [0.4, 0.5) is 5.82 Å². The van der Waals surface area contributed by atoms with Crippen LogP contribution < -0.4 is 9.64 Å². The highest BCUT2D eigenvalue weighted by Gasteiger charge is 2.44. The molecule has 1 aromatic heterocycles. The Morgan fingerprint density at radius 2 is 2.24 bits per heavy atom. The zero-order valence-corrected chi connectivity index (χ0v) is 12.2. The van der Waals surface area contributed by atoms with Gasteiger partial charge in [0.2, 0.25) is 0 Å². The number of aliphatic carboxylic acids is 1. The van der Waals surface area contributed by atoms with Crippen molar-refractivity contribution in [2.75, 3.05) is 18.6 Å². The maximum absolute atomic E-state index is 11.7. The van der Waals surface area contributed by atoms with Crippen LogP contribution in [0.25, 0.3) is 10.8 Å². The van der Waals surface area contributed by atoms with Crippen LogP contribution in [0.5, 0.6) is 5.75 Å². The lowest BCUT2D eigenvalue weighted by Gasteiger charge is -2.32. The van der Waals surface area contributed by atoms with E-state index >= 15 is 0 Å². The van der Waals surface area contributed by atoms with E-state index in [-0.39, 0.29) is 0 Å². The molecule has 5 heteroatoms. The van der Waals surface area contributed by atoms with Crippen LogP contribution in [0, 0.1) is 0 Å². The Morgan fingerprint density at radius 3 is 2.95 bits per heavy atom. The second kappa shape index (κ2) is 4.91.